The Kier molecular flexibility index (Phi) is 39.3. The maximum atomic E-state index is 12.9. The molecule has 0 aromatic carbocycles. The van der Waals surface area contributed by atoms with Gasteiger partial charge in [-0.25, -0.2) is 0 Å². The number of allylic oxidation sites excluding steroid dienone is 10. The summed E-state index contributed by atoms with van der Waals surface area (Å²) in [5.74, 6) is -0.186. The number of hydrogen-bond donors (Lipinski definition) is 2. The first-order valence-corrected chi connectivity index (χ1v) is 25.1. The molecule has 0 aromatic rings. The fourth-order valence-electron chi connectivity index (χ4n) is 6.54. The molecule has 2 N–H and O–H groups in total. The Labute approximate surface area is 358 Å². The van der Waals surface area contributed by atoms with Crippen LogP contribution in [0, 0.1) is 0 Å². The standard InChI is InChI=1S/C49H91N2O6P/c1-6-8-10-12-14-16-18-20-22-23-24-25-26-27-29-31-33-35-37-39-41-43-49(53)50-47(46-57-58(54,55)56-45-44-51(3,4)5)48(52)42-40-38-36-34-32-30-28-21-19-17-15-13-11-9-7-2/h8,10,14,16,20,22,24-25,27,29,47-48,52H,6-7,9,11-13,15,17-19,21,23,26,28,30-46H2,1-5H3,(H-,50,53,54,55)/b10-8-,16-14-,22-20-,25-24-,29-27-. The van der Waals surface area contributed by atoms with E-state index in [4.69, 9.17) is 9.05 Å². The highest BCUT2D eigenvalue weighted by atomic mass is 31.2. The monoisotopic (exact) mass is 835 g/mol. The van der Waals surface area contributed by atoms with Crippen molar-refractivity contribution in [2.24, 2.45) is 0 Å². The van der Waals surface area contributed by atoms with Crippen molar-refractivity contribution in [3.63, 3.8) is 0 Å². The quantitative estimate of drug-likeness (QED) is 0.0274. The molecule has 9 heteroatoms. The summed E-state index contributed by atoms with van der Waals surface area (Å²) >= 11 is 0. The van der Waals surface area contributed by atoms with Crippen LogP contribution in [0.4, 0.5) is 0 Å². The van der Waals surface area contributed by atoms with Gasteiger partial charge in [-0.3, -0.25) is 9.36 Å². The van der Waals surface area contributed by atoms with Crippen molar-refractivity contribution in [1.29, 1.82) is 0 Å². The summed E-state index contributed by atoms with van der Waals surface area (Å²) in [6.07, 6.45) is 52.2. The average Bonchev–Trinajstić information content (AvgIpc) is 3.17. The summed E-state index contributed by atoms with van der Waals surface area (Å²) in [4.78, 5) is 25.4. The molecule has 0 spiro atoms. The summed E-state index contributed by atoms with van der Waals surface area (Å²) in [6, 6.07) is -0.813. The molecule has 1 amide bonds. The van der Waals surface area contributed by atoms with Crippen LogP contribution in [0.5, 0.6) is 0 Å². The zero-order valence-corrected chi connectivity index (χ0v) is 39.1. The lowest BCUT2D eigenvalue weighted by atomic mass is 10.0. The number of likely N-dealkylation sites (N-methyl/N-ethyl adjacent to an activating group) is 1. The lowest BCUT2D eigenvalue weighted by Gasteiger charge is -2.30. The van der Waals surface area contributed by atoms with Gasteiger partial charge in [0.15, 0.2) is 0 Å². The lowest BCUT2D eigenvalue weighted by Crippen LogP contribution is -2.46. The van der Waals surface area contributed by atoms with Crippen molar-refractivity contribution in [2.75, 3.05) is 40.9 Å². The maximum absolute atomic E-state index is 12.9. The molecule has 0 saturated heterocycles. The molecule has 0 fully saturated rings. The third-order valence-corrected chi connectivity index (χ3v) is 11.2. The van der Waals surface area contributed by atoms with Crippen LogP contribution in [0.3, 0.4) is 0 Å². The normalized spacial score (nSPS) is 14.8. The Morgan fingerprint density at radius 2 is 1.05 bits per heavy atom. The third kappa shape index (κ3) is 42.3. The Morgan fingerprint density at radius 1 is 0.621 bits per heavy atom. The number of aliphatic hydroxyl groups is 1. The number of nitrogens with one attached hydrogen (secondary N) is 1. The molecule has 338 valence electrons. The molecular formula is C49H91N2O6P. The number of quaternary nitrogens is 1. The van der Waals surface area contributed by atoms with E-state index in [9.17, 15) is 19.4 Å². The van der Waals surface area contributed by atoms with Gasteiger partial charge in [0.2, 0.25) is 5.91 Å². The fraction of sp³-hybridized carbons (Fsp3) is 0.776. The number of hydrogen-bond acceptors (Lipinski definition) is 6. The van der Waals surface area contributed by atoms with Crippen LogP contribution in [0.1, 0.15) is 194 Å². The van der Waals surface area contributed by atoms with Crippen molar-refractivity contribution in [3.05, 3.63) is 60.8 Å². The zero-order valence-electron chi connectivity index (χ0n) is 38.2. The van der Waals surface area contributed by atoms with Gasteiger partial charge in [0, 0.05) is 6.42 Å². The van der Waals surface area contributed by atoms with Crippen LogP contribution in [-0.2, 0) is 18.4 Å². The number of carbonyl (C=O) groups excluding carboxylic acids is 1. The summed E-state index contributed by atoms with van der Waals surface area (Å²) < 4.78 is 23.3. The van der Waals surface area contributed by atoms with Crippen molar-refractivity contribution in [1.82, 2.24) is 5.32 Å². The molecule has 0 rings (SSSR count). The first-order chi connectivity index (χ1) is 28.0. The predicted molar refractivity (Wildman–Crippen MR) is 247 cm³/mol. The minimum Gasteiger partial charge on any atom is -0.756 e. The summed E-state index contributed by atoms with van der Waals surface area (Å²) in [5.41, 5.74) is 0. The van der Waals surface area contributed by atoms with Gasteiger partial charge in [0.25, 0.3) is 7.82 Å². The molecule has 0 aliphatic rings. The van der Waals surface area contributed by atoms with Crippen LogP contribution in [-0.4, -0.2) is 68.5 Å². The number of aliphatic hydroxyl groups excluding tert-OH is 1. The van der Waals surface area contributed by atoms with Gasteiger partial charge in [0.1, 0.15) is 13.2 Å². The first-order valence-electron chi connectivity index (χ1n) is 23.6. The van der Waals surface area contributed by atoms with Crippen molar-refractivity contribution < 1.29 is 32.9 Å². The summed E-state index contributed by atoms with van der Waals surface area (Å²) in [6.45, 7) is 4.58. The maximum Gasteiger partial charge on any atom is 0.268 e. The van der Waals surface area contributed by atoms with E-state index in [1.54, 1.807) is 0 Å². The third-order valence-electron chi connectivity index (χ3n) is 10.3. The van der Waals surface area contributed by atoms with Crippen LogP contribution in [0.15, 0.2) is 60.8 Å². The molecule has 0 radical (unpaired) electrons. The van der Waals surface area contributed by atoms with E-state index in [-0.39, 0.29) is 19.1 Å². The van der Waals surface area contributed by atoms with Crippen LogP contribution in [0.2, 0.25) is 0 Å². The van der Waals surface area contributed by atoms with Gasteiger partial charge in [-0.15, -0.1) is 0 Å². The molecule has 3 unspecified atom stereocenters. The summed E-state index contributed by atoms with van der Waals surface area (Å²) in [5, 5.41) is 13.9. The molecule has 8 nitrogen and oxygen atoms in total. The first kappa shape index (κ1) is 56.2. The molecule has 3 atom stereocenters. The molecule has 0 heterocycles. The van der Waals surface area contributed by atoms with Gasteiger partial charge in [-0.1, -0.05) is 190 Å². The number of nitrogens with zero attached hydrogens (tertiary/aromatic N) is 1. The van der Waals surface area contributed by atoms with E-state index >= 15 is 0 Å². The minimum atomic E-state index is -4.57. The SMILES string of the molecule is CC/C=C\C/C=C\C/C=C\C/C=C\C/C=C\CCCCCCCC(=O)NC(COP(=O)([O-])OCC[N+](C)(C)C)C(O)CCCCCCCCCCCCCCCCC. The van der Waals surface area contributed by atoms with Gasteiger partial charge >= 0.3 is 0 Å². The van der Waals surface area contributed by atoms with E-state index in [1.807, 2.05) is 21.1 Å². The molecule has 0 bridgehead atoms. The number of phosphoric ester groups is 1. The van der Waals surface area contributed by atoms with Gasteiger partial charge in [0.05, 0.1) is 39.9 Å². The van der Waals surface area contributed by atoms with E-state index in [2.05, 4.69) is 79.9 Å². The highest BCUT2D eigenvalue weighted by molar-refractivity contribution is 7.45. The Morgan fingerprint density at radius 3 is 1.53 bits per heavy atom. The van der Waals surface area contributed by atoms with Crippen molar-refractivity contribution >= 4 is 13.7 Å². The predicted octanol–water partition coefficient (Wildman–Crippen LogP) is 12.8. The zero-order chi connectivity index (χ0) is 42.8. The largest absolute Gasteiger partial charge is 0.756 e. The van der Waals surface area contributed by atoms with Crippen LogP contribution >= 0.6 is 7.82 Å². The highest BCUT2D eigenvalue weighted by Gasteiger charge is 2.24. The molecule has 0 saturated carbocycles. The van der Waals surface area contributed by atoms with E-state index in [0.29, 0.717) is 23.9 Å². The van der Waals surface area contributed by atoms with E-state index in [0.717, 1.165) is 89.9 Å². The molecule has 58 heavy (non-hydrogen) atoms. The molecule has 0 aliphatic carbocycles. The summed E-state index contributed by atoms with van der Waals surface area (Å²) in [7, 11) is 1.28. The van der Waals surface area contributed by atoms with Gasteiger partial charge < -0.3 is 28.8 Å². The number of unbranched alkanes of at least 4 members (excludes halogenated alkanes) is 19. The molecular weight excluding hydrogens is 744 g/mol. The number of carbonyl (C=O) groups is 1. The topological polar surface area (TPSA) is 108 Å². The van der Waals surface area contributed by atoms with Crippen molar-refractivity contribution in [3.8, 4) is 0 Å². The average molecular weight is 835 g/mol. The number of phosphoric acid groups is 1. The highest BCUT2D eigenvalue weighted by Crippen LogP contribution is 2.38. The second kappa shape index (κ2) is 40.6. The smallest absolute Gasteiger partial charge is 0.268 e. The number of rotatable bonds is 42. The number of amides is 1. The van der Waals surface area contributed by atoms with Gasteiger partial charge in [-0.05, 0) is 57.8 Å². The van der Waals surface area contributed by atoms with Gasteiger partial charge in [-0.2, -0.15) is 0 Å². The lowest BCUT2D eigenvalue weighted by molar-refractivity contribution is -0.870. The van der Waals surface area contributed by atoms with Crippen LogP contribution in [0.25, 0.3) is 0 Å². The minimum absolute atomic E-state index is 0.00526. The van der Waals surface area contributed by atoms with Crippen molar-refractivity contribution in [2.45, 2.75) is 206 Å². The molecule has 0 aromatic heterocycles. The van der Waals surface area contributed by atoms with Crippen LogP contribution < -0.4 is 10.2 Å². The second-order valence-electron chi connectivity index (χ2n) is 17.1. The Balaban J connectivity index is 4.37. The Hall–Kier alpha value is -1.80. The van der Waals surface area contributed by atoms with E-state index in [1.165, 1.54) is 77.0 Å². The van der Waals surface area contributed by atoms with E-state index < -0.39 is 20.0 Å². The second-order valence-corrected chi connectivity index (χ2v) is 18.5. The molecule has 0 aliphatic heterocycles. The Bertz CT molecular complexity index is 1130. The fourth-order valence-corrected chi connectivity index (χ4v) is 7.26.